The van der Waals surface area contributed by atoms with Gasteiger partial charge in [-0.05, 0) is 25.7 Å². The molecule has 0 bridgehead atoms. The lowest BCUT2D eigenvalue weighted by Gasteiger charge is -2.25. The van der Waals surface area contributed by atoms with E-state index in [0.29, 0.717) is 25.8 Å². The zero-order valence-electron chi connectivity index (χ0n) is 10.1. The van der Waals surface area contributed by atoms with Crippen LogP contribution in [0, 0.1) is 11.8 Å². The number of aliphatic carboxylic acids is 1. The van der Waals surface area contributed by atoms with Crippen LogP contribution in [0.25, 0.3) is 0 Å². The van der Waals surface area contributed by atoms with Crippen molar-refractivity contribution in [2.24, 2.45) is 11.8 Å². The van der Waals surface area contributed by atoms with Gasteiger partial charge in [-0.15, -0.1) is 0 Å². The number of rotatable bonds is 3. The van der Waals surface area contributed by atoms with Gasteiger partial charge in [-0.1, -0.05) is 6.42 Å². The molecule has 1 saturated carbocycles. The highest BCUT2D eigenvalue weighted by atomic mass is 16.4. The summed E-state index contributed by atoms with van der Waals surface area (Å²) >= 11 is 0. The van der Waals surface area contributed by atoms with Crippen LogP contribution in [-0.2, 0) is 14.4 Å². The Balaban J connectivity index is 1.94. The van der Waals surface area contributed by atoms with E-state index in [4.69, 9.17) is 5.11 Å². The predicted octanol–water partition coefficient (Wildman–Crippen LogP) is -0.118. The maximum absolute atomic E-state index is 12.0. The van der Waals surface area contributed by atoms with Crippen LogP contribution >= 0.6 is 0 Å². The highest BCUT2D eigenvalue weighted by Gasteiger charge is 2.39. The number of carboxylic acids is 1. The topological polar surface area (TPSA) is 95.5 Å². The number of hydrogen-bond donors (Lipinski definition) is 3. The minimum absolute atomic E-state index is 0.167. The molecular formula is C12H18N2O4. The fourth-order valence-corrected chi connectivity index (χ4v) is 2.76. The summed E-state index contributed by atoms with van der Waals surface area (Å²) in [4.78, 5) is 34.6. The summed E-state index contributed by atoms with van der Waals surface area (Å²) in [5.74, 6) is -2.46. The fraction of sp³-hybridized carbons (Fsp3) is 0.750. The fourth-order valence-electron chi connectivity index (χ4n) is 2.76. The molecule has 1 unspecified atom stereocenters. The summed E-state index contributed by atoms with van der Waals surface area (Å²) in [7, 11) is 0. The van der Waals surface area contributed by atoms with Gasteiger partial charge in [0.25, 0.3) is 0 Å². The zero-order chi connectivity index (χ0) is 13.1. The van der Waals surface area contributed by atoms with Crippen LogP contribution in [0.5, 0.6) is 0 Å². The van der Waals surface area contributed by atoms with Crippen LogP contribution in [0.3, 0.4) is 0 Å². The van der Waals surface area contributed by atoms with E-state index in [1.54, 1.807) is 0 Å². The lowest BCUT2D eigenvalue weighted by molar-refractivity contribution is -0.146. The minimum atomic E-state index is -0.916. The standard InChI is InChI=1S/C12H18N2O4/c15-10(7-3-1-4-8(7)12(17)18)14-9-5-2-6-13-11(9)16/h7-9H,1-6H2,(H,13,16)(H,14,15)(H,17,18)/t7-,8+,9?/m1/s1. The summed E-state index contributed by atoms with van der Waals surface area (Å²) in [6.07, 6.45) is 3.36. The first-order valence-electron chi connectivity index (χ1n) is 6.40. The lowest BCUT2D eigenvalue weighted by atomic mass is 9.94. The van der Waals surface area contributed by atoms with Crippen LogP contribution in [0.1, 0.15) is 32.1 Å². The SMILES string of the molecule is O=C1NCCCC1NC(=O)[C@@H]1CCC[C@@H]1C(=O)O. The van der Waals surface area contributed by atoms with Crippen molar-refractivity contribution in [1.82, 2.24) is 10.6 Å². The second kappa shape index (κ2) is 5.37. The maximum atomic E-state index is 12.0. The van der Waals surface area contributed by atoms with Crippen molar-refractivity contribution in [3.63, 3.8) is 0 Å². The molecular weight excluding hydrogens is 236 g/mol. The second-order valence-corrected chi connectivity index (χ2v) is 4.98. The van der Waals surface area contributed by atoms with Crippen LogP contribution in [0.15, 0.2) is 0 Å². The van der Waals surface area contributed by atoms with Crippen molar-refractivity contribution in [3.05, 3.63) is 0 Å². The summed E-state index contributed by atoms with van der Waals surface area (Å²) in [6.45, 7) is 0.645. The van der Waals surface area contributed by atoms with Gasteiger partial charge in [-0.2, -0.15) is 0 Å². The molecule has 0 aromatic carbocycles. The molecule has 0 radical (unpaired) electrons. The highest BCUT2D eigenvalue weighted by Crippen LogP contribution is 2.32. The molecule has 1 aliphatic carbocycles. The van der Waals surface area contributed by atoms with Gasteiger partial charge in [-0.3, -0.25) is 14.4 Å². The Morgan fingerprint density at radius 1 is 1.17 bits per heavy atom. The van der Waals surface area contributed by atoms with Crippen LogP contribution in [0.2, 0.25) is 0 Å². The van der Waals surface area contributed by atoms with Crippen molar-refractivity contribution in [2.75, 3.05) is 6.54 Å². The molecule has 2 rings (SSSR count). The molecule has 18 heavy (non-hydrogen) atoms. The molecule has 0 aromatic rings. The Morgan fingerprint density at radius 2 is 1.89 bits per heavy atom. The Hall–Kier alpha value is -1.59. The van der Waals surface area contributed by atoms with Gasteiger partial charge >= 0.3 is 5.97 Å². The third-order valence-electron chi connectivity index (χ3n) is 3.77. The third-order valence-corrected chi connectivity index (χ3v) is 3.77. The van der Waals surface area contributed by atoms with Crippen molar-refractivity contribution in [1.29, 1.82) is 0 Å². The molecule has 2 amide bonds. The normalized spacial score (nSPS) is 31.8. The van der Waals surface area contributed by atoms with Crippen molar-refractivity contribution < 1.29 is 19.5 Å². The van der Waals surface area contributed by atoms with Gasteiger partial charge in [0.2, 0.25) is 11.8 Å². The summed E-state index contributed by atoms with van der Waals surface area (Å²) < 4.78 is 0. The molecule has 3 N–H and O–H groups in total. The monoisotopic (exact) mass is 254 g/mol. The maximum Gasteiger partial charge on any atom is 0.307 e. The van der Waals surface area contributed by atoms with Gasteiger partial charge in [0, 0.05) is 6.54 Å². The number of amides is 2. The molecule has 6 nitrogen and oxygen atoms in total. The van der Waals surface area contributed by atoms with Gasteiger partial charge in [0.1, 0.15) is 6.04 Å². The smallest absolute Gasteiger partial charge is 0.307 e. The molecule has 6 heteroatoms. The van der Waals surface area contributed by atoms with Crippen LogP contribution in [-0.4, -0.2) is 35.5 Å². The Bertz CT molecular complexity index is 369. The van der Waals surface area contributed by atoms with E-state index in [9.17, 15) is 14.4 Å². The van der Waals surface area contributed by atoms with E-state index in [-0.39, 0.29) is 11.8 Å². The van der Waals surface area contributed by atoms with Crippen LogP contribution < -0.4 is 10.6 Å². The molecule has 3 atom stereocenters. The van der Waals surface area contributed by atoms with E-state index in [1.165, 1.54) is 0 Å². The minimum Gasteiger partial charge on any atom is -0.481 e. The molecule has 2 aliphatic rings. The van der Waals surface area contributed by atoms with Gasteiger partial charge in [-0.25, -0.2) is 0 Å². The van der Waals surface area contributed by atoms with Gasteiger partial charge < -0.3 is 15.7 Å². The molecule has 1 aliphatic heterocycles. The second-order valence-electron chi connectivity index (χ2n) is 4.98. The average molecular weight is 254 g/mol. The molecule has 1 heterocycles. The summed E-state index contributed by atoms with van der Waals surface area (Å²) in [6, 6.07) is -0.499. The predicted molar refractivity (Wildman–Crippen MR) is 62.6 cm³/mol. The Kier molecular flexibility index (Phi) is 3.84. The van der Waals surface area contributed by atoms with E-state index in [2.05, 4.69) is 10.6 Å². The molecule has 0 spiro atoms. The first kappa shape index (κ1) is 12.9. The largest absolute Gasteiger partial charge is 0.481 e. The molecule has 1 saturated heterocycles. The number of carboxylic acid groups (broad SMARTS) is 1. The van der Waals surface area contributed by atoms with E-state index in [0.717, 1.165) is 12.8 Å². The first-order valence-corrected chi connectivity index (χ1v) is 6.40. The van der Waals surface area contributed by atoms with E-state index >= 15 is 0 Å². The van der Waals surface area contributed by atoms with Crippen molar-refractivity contribution >= 4 is 17.8 Å². The zero-order valence-corrected chi connectivity index (χ0v) is 10.1. The number of carbonyl (C=O) groups is 3. The summed E-state index contributed by atoms with van der Waals surface area (Å²) in [5.41, 5.74) is 0. The number of carbonyl (C=O) groups excluding carboxylic acids is 2. The number of hydrogen-bond acceptors (Lipinski definition) is 3. The van der Waals surface area contributed by atoms with Gasteiger partial charge in [0.05, 0.1) is 11.8 Å². The van der Waals surface area contributed by atoms with Gasteiger partial charge in [0.15, 0.2) is 0 Å². The van der Waals surface area contributed by atoms with Crippen molar-refractivity contribution in [3.8, 4) is 0 Å². The number of piperidine rings is 1. The average Bonchev–Trinajstić information content (AvgIpc) is 2.81. The molecule has 2 fully saturated rings. The Labute approximate surface area is 105 Å². The highest BCUT2D eigenvalue weighted by molar-refractivity contribution is 5.91. The quantitative estimate of drug-likeness (QED) is 0.654. The molecule has 100 valence electrons. The van der Waals surface area contributed by atoms with E-state index < -0.39 is 23.8 Å². The summed E-state index contributed by atoms with van der Waals surface area (Å²) in [5, 5.41) is 14.4. The Morgan fingerprint density at radius 3 is 2.56 bits per heavy atom. The number of nitrogens with one attached hydrogen (secondary N) is 2. The van der Waals surface area contributed by atoms with E-state index in [1.807, 2.05) is 0 Å². The van der Waals surface area contributed by atoms with Crippen molar-refractivity contribution in [2.45, 2.75) is 38.1 Å². The first-order chi connectivity index (χ1) is 8.59. The molecule has 0 aromatic heterocycles. The third kappa shape index (κ3) is 2.63. The van der Waals surface area contributed by atoms with Crippen LogP contribution in [0.4, 0.5) is 0 Å². The lowest BCUT2D eigenvalue weighted by Crippen LogP contribution is -2.52.